The topological polar surface area (TPSA) is 113 Å². The van der Waals surface area contributed by atoms with Gasteiger partial charge in [-0.15, -0.1) is 0 Å². The molecule has 10 heteroatoms. The smallest absolute Gasteiger partial charge is 0.356 e. The number of halogens is 2. The average Bonchev–Trinajstić information content (AvgIpc) is 2.84. The Morgan fingerprint density at radius 3 is 2.68 bits per heavy atom. The molecule has 8 nitrogen and oxygen atoms in total. The van der Waals surface area contributed by atoms with E-state index in [1.807, 2.05) is 0 Å². The van der Waals surface area contributed by atoms with E-state index in [1.54, 1.807) is 0 Å². The lowest BCUT2D eigenvalue weighted by Gasteiger charge is -2.03. The molecule has 2 aromatic rings. The van der Waals surface area contributed by atoms with Crippen LogP contribution in [-0.4, -0.2) is 37.0 Å². The second-order valence-corrected chi connectivity index (χ2v) is 5.08. The lowest BCUT2D eigenvalue weighted by Crippen LogP contribution is -2.16. The molecule has 1 amide bonds. The van der Waals surface area contributed by atoms with Crippen molar-refractivity contribution in [2.45, 2.75) is 0 Å². The van der Waals surface area contributed by atoms with Crippen LogP contribution in [0.25, 0.3) is 0 Å². The van der Waals surface area contributed by atoms with Crippen LogP contribution in [0.3, 0.4) is 0 Å². The molecule has 0 aliphatic heterocycles. The lowest BCUT2D eigenvalue weighted by molar-refractivity contribution is 0.0686. The number of rotatable bonds is 3. The minimum absolute atomic E-state index is 0.103. The Bertz CT molecular complexity index is 663. The predicted molar refractivity (Wildman–Crippen MR) is 72.1 cm³/mol. The first-order valence-corrected chi connectivity index (χ1v) is 6.46. The van der Waals surface area contributed by atoms with Crippen LogP contribution in [0, 0.1) is 0 Å². The Hall–Kier alpha value is -1.68. The molecule has 0 radical (unpaired) electrons. The number of aromatic amines is 1. The number of aryl methyl sites for hydroxylation is 1. The van der Waals surface area contributed by atoms with Crippen LogP contribution in [0.5, 0.6) is 0 Å². The number of H-pyrrole nitrogens is 1. The highest BCUT2D eigenvalue weighted by Crippen LogP contribution is 2.25. The van der Waals surface area contributed by atoms with Crippen LogP contribution in [0.4, 0.5) is 5.69 Å². The monoisotopic (exact) mass is 391 g/mol. The molecule has 100 valence electrons. The molecule has 0 unspecified atom stereocenters. The van der Waals surface area contributed by atoms with Gasteiger partial charge in [-0.2, -0.15) is 10.2 Å². The number of carboxylic acids is 1. The van der Waals surface area contributed by atoms with E-state index in [-0.39, 0.29) is 17.1 Å². The summed E-state index contributed by atoms with van der Waals surface area (Å²) in [5.74, 6) is -1.73. The van der Waals surface area contributed by atoms with Gasteiger partial charge in [0.05, 0.1) is 16.4 Å². The number of carbonyl (C=O) groups is 2. The van der Waals surface area contributed by atoms with E-state index in [9.17, 15) is 9.59 Å². The number of amides is 1. The van der Waals surface area contributed by atoms with Gasteiger partial charge in [0.2, 0.25) is 0 Å². The van der Waals surface area contributed by atoms with Crippen molar-refractivity contribution in [2.24, 2.45) is 7.05 Å². The van der Waals surface area contributed by atoms with Crippen molar-refractivity contribution in [1.82, 2.24) is 20.0 Å². The summed E-state index contributed by atoms with van der Waals surface area (Å²) in [6.45, 7) is 0. The first kappa shape index (κ1) is 13.7. The van der Waals surface area contributed by atoms with Gasteiger partial charge in [-0.1, -0.05) is 0 Å². The van der Waals surface area contributed by atoms with Crippen molar-refractivity contribution in [1.29, 1.82) is 0 Å². The van der Waals surface area contributed by atoms with Gasteiger partial charge >= 0.3 is 5.97 Å². The maximum absolute atomic E-state index is 12.0. The zero-order valence-corrected chi connectivity index (χ0v) is 12.6. The molecule has 2 heterocycles. The molecular weight excluding hydrogens is 386 g/mol. The molecule has 0 bridgehead atoms. The zero-order valence-electron chi connectivity index (χ0n) is 9.44. The van der Waals surface area contributed by atoms with Crippen molar-refractivity contribution in [3.63, 3.8) is 0 Å². The van der Waals surface area contributed by atoms with Crippen molar-refractivity contribution >= 4 is 49.4 Å². The second kappa shape index (κ2) is 5.13. The maximum Gasteiger partial charge on any atom is 0.356 e. The van der Waals surface area contributed by atoms with Gasteiger partial charge in [0.1, 0.15) is 4.60 Å². The molecule has 0 saturated carbocycles. The van der Waals surface area contributed by atoms with Gasteiger partial charge in [-0.3, -0.25) is 14.6 Å². The zero-order chi connectivity index (χ0) is 14.2. The summed E-state index contributed by atoms with van der Waals surface area (Å²) in [5, 5.41) is 21.6. The number of nitrogens with zero attached hydrogens (tertiary/aromatic N) is 3. The SMILES string of the molecule is Cn1ncc(NC(=O)c2n[nH]c(Br)c2Br)c1C(=O)O. The quantitative estimate of drug-likeness (QED) is 0.734. The third-order valence-electron chi connectivity index (χ3n) is 2.27. The van der Waals surface area contributed by atoms with E-state index in [0.717, 1.165) is 4.68 Å². The standard InChI is InChI=1S/C9H7Br2N5O3/c1-16-6(9(18)19)3(2-12-16)13-8(17)5-4(10)7(11)15-14-5/h2H,1H3,(H,13,17)(H,14,15)(H,18,19). The van der Waals surface area contributed by atoms with Gasteiger partial charge in [0.15, 0.2) is 11.4 Å². The van der Waals surface area contributed by atoms with E-state index < -0.39 is 11.9 Å². The van der Waals surface area contributed by atoms with Crippen LogP contribution >= 0.6 is 31.9 Å². The molecule has 0 atom stereocenters. The molecule has 2 rings (SSSR count). The molecular formula is C9H7Br2N5O3. The van der Waals surface area contributed by atoms with Crippen molar-refractivity contribution in [2.75, 3.05) is 5.32 Å². The molecule has 2 aromatic heterocycles. The minimum Gasteiger partial charge on any atom is -0.476 e. The maximum atomic E-state index is 12.0. The van der Waals surface area contributed by atoms with Gasteiger partial charge in [-0.05, 0) is 31.9 Å². The Morgan fingerprint density at radius 2 is 2.16 bits per heavy atom. The van der Waals surface area contributed by atoms with E-state index in [2.05, 4.69) is 52.5 Å². The number of carboxylic acid groups (broad SMARTS) is 1. The summed E-state index contributed by atoms with van der Waals surface area (Å²) in [6, 6.07) is 0. The van der Waals surface area contributed by atoms with Gasteiger partial charge in [-0.25, -0.2) is 4.79 Å². The largest absolute Gasteiger partial charge is 0.476 e. The molecule has 0 fully saturated rings. The molecule has 3 N–H and O–H groups in total. The van der Waals surface area contributed by atoms with E-state index in [4.69, 9.17) is 5.11 Å². The number of aromatic carboxylic acids is 1. The minimum atomic E-state index is -1.18. The second-order valence-electron chi connectivity index (χ2n) is 3.49. The Labute approximate surface area is 123 Å². The summed E-state index contributed by atoms with van der Waals surface area (Å²) in [5.41, 5.74) is 0.0946. The van der Waals surface area contributed by atoms with Crippen molar-refractivity contribution in [3.05, 3.63) is 26.7 Å². The average molecular weight is 393 g/mol. The summed E-state index contributed by atoms with van der Waals surface area (Å²) >= 11 is 6.33. The fraction of sp³-hybridized carbons (Fsp3) is 0.111. The summed E-state index contributed by atoms with van der Waals surface area (Å²) in [7, 11) is 1.47. The Kier molecular flexibility index (Phi) is 3.71. The number of carbonyl (C=O) groups excluding carboxylic acids is 1. The molecule has 0 saturated heterocycles. The fourth-order valence-corrected chi connectivity index (χ4v) is 2.06. The Balaban J connectivity index is 2.30. The van der Waals surface area contributed by atoms with Gasteiger partial charge in [0, 0.05) is 7.05 Å². The number of anilines is 1. The van der Waals surface area contributed by atoms with Crippen LogP contribution in [0.15, 0.2) is 15.3 Å². The van der Waals surface area contributed by atoms with Crippen LogP contribution in [-0.2, 0) is 7.05 Å². The number of nitrogens with one attached hydrogen (secondary N) is 2. The van der Waals surface area contributed by atoms with Crippen molar-refractivity contribution < 1.29 is 14.7 Å². The van der Waals surface area contributed by atoms with E-state index in [1.165, 1.54) is 13.2 Å². The molecule has 19 heavy (non-hydrogen) atoms. The van der Waals surface area contributed by atoms with Crippen LogP contribution < -0.4 is 5.32 Å². The summed E-state index contributed by atoms with van der Waals surface area (Å²) in [6.07, 6.45) is 1.26. The molecule has 0 aliphatic carbocycles. The number of hydrogen-bond acceptors (Lipinski definition) is 4. The first-order valence-electron chi connectivity index (χ1n) is 4.87. The number of hydrogen-bond donors (Lipinski definition) is 3. The fourth-order valence-electron chi connectivity index (χ4n) is 1.42. The first-order chi connectivity index (χ1) is 8.91. The lowest BCUT2D eigenvalue weighted by atomic mass is 10.3. The third-order valence-corrected chi connectivity index (χ3v) is 4.15. The van der Waals surface area contributed by atoms with Crippen LogP contribution in [0.2, 0.25) is 0 Å². The van der Waals surface area contributed by atoms with E-state index in [0.29, 0.717) is 9.08 Å². The van der Waals surface area contributed by atoms with Gasteiger partial charge in [0.25, 0.3) is 5.91 Å². The van der Waals surface area contributed by atoms with E-state index >= 15 is 0 Å². The van der Waals surface area contributed by atoms with Crippen molar-refractivity contribution in [3.8, 4) is 0 Å². The summed E-state index contributed by atoms with van der Waals surface area (Å²) < 4.78 is 2.13. The number of aromatic nitrogens is 4. The van der Waals surface area contributed by atoms with Gasteiger partial charge < -0.3 is 10.4 Å². The highest BCUT2D eigenvalue weighted by molar-refractivity contribution is 9.13. The highest BCUT2D eigenvalue weighted by atomic mass is 79.9. The molecule has 0 aliphatic rings. The third kappa shape index (κ3) is 2.54. The molecule has 0 aromatic carbocycles. The highest BCUT2D eigenvalue weighted by Gasteiger charge is 2.21. The summed E-state index contributed by atoms with van der Waals surface area (Å²) in [4.78, 5) is 23.0. The predicted octanol–water partition coefficient (Wildman–Crippen LogP) is 1.62. The van der Waals surface area contributed by atoms with Crippen LogP contribution in [0.1, 0.15) is 21.0 Å². The Morgan fingerprint density at radius 1 is 1.47 bits per heavy atom. The normalized spacial score (nSPS) is 10.5. The molecule has 0 spiro atoms.